The highest BCUT2D eigenvalue weighted by Gasteiger charge is 1.94. The Kier molecular flexibility index (Phi) is 7.63. The van der Waals surface area contributed by atoms with E-state index >= 15 is 0 Å². The molecule has 13 heavy (non-hydrogen) atoms. The van der Waals surface area contributed by atoms with Crippen LogP contribution in [0.3, 0.4) is 0 Å². The van der Waals surface area contributed by atoms with Gasteiger partial charge in [0.25, 0.3) is 0 Å². The number of rotatable bonds is 7. The highest BCUT2D eigenvalue weighted by atomic mass is 16.1. The topological polar surface area (TPSA) is 44.4 Å². The number of hydrogen-bond donors (Lipinski definition) is 2. The second-order valence-corrected chi connectivity index (χ2v) is 3.26. The second kappa shape index (κ2) is 8.01. The number of amides is 1. The molecule has 4 nitrogen and oxygen atoms in total. The van der Waals surface area contributed by atoms with Crippen molar-refractivity contribution < 1.29 is 4.79 Å². The van der Waals surface area contributed by atoms with E-state index in [0.29, 0.717) is 6.42 Å². The molecule has 0 aromatic rings. The summed E-state index contributed by atoms with van der Waals surface area (Å²) in [6, 6.07) is 0. The van der Waals surface area contributed by atoms with E-state index in [9.17, 15) is 4.79 Å². The zero-order valence-electron chi connectivity index (χ0n) is 8.89. The third-order valence-electron chi connectivity index (χ3n) is 1.68. The maximum absolute atomic E-state index is 10.8. The molecule has 0 spiro atoms. The van der Waals surface area contributed by atoms with Gasteiger partial charge in [-0.25, -0.2) is 0 Å². The molecule has 0 aromatic heterocycles. The molecular formula is C9H21N3O. The Balaban J connectivity index is 3.04. The van der Waals surface area contributed by atoms with E-state index in [1.807, 2.05) is 21.0 Å². The van der Waals surface area contributed by atoms with Crippen LogP contribution in [0.25, 0.3) is 0 Å². The number of carbonyl (C=O) groups is 1. The molecule has 0 saturated carbocycles. The van der Waals surface area contributed by atoms with Crippen LogP contribution >= 0.6 is 0 Å². The van der Waals surface area contributed by atoms with Crippen molar-refractivity contribution in [2.75, 3.05) is 40.3 Å². The Bertz CT molecular complexity index is 137. The first-order valence-electron chi connectivity index (χ1n) is 4.79. The molecule has 0 aliphatic carbocycles. The van der Waals surface area contributed by atoms with Crippen LogP contribution in [-0.4, -0.2) is 51.1 Å². The standard InChI is InChI=1S/C9H21N3O/c1-4-9(13)11-6-5-10-7-8-12(2)3/h10H,4-8H2,1-3H3,(H,11,13). The van der Waals surface area contributed by atoms with Gasteiger partial charge in [0.05, 0.1) is 0 Å². The number of hydrogen-bond acceptors (Lipinski definition) is 3. The summed E-state index contributed by atoms with van der Waals surface area (Å²) in [6.07, 6.45) is 0.567. The fourth-order valence-electron chi connectivity index (χ4n) is 0.843. The van der Waals surface area contributed by atoms with Gasteiger partial charge < -0.3 is 15.5 Å². The molecule has 0 fully saturated rings. The number of nitrogens with zero attached hydrogens (tertiary/aromatic N) is 1. The number of likely N-dealkylation sites (N-methyl/N-ethyl adjacent to an activating group) is 1. The third-order valence-corrected chi connectivity index (χ3v) is 1.68. The van der Waals surface area contributed by atoms with Crippen molar-refractivity contribution in [2.45, 2.75) is 13.3 Å². The minimum Gasteiger partial charge on any atom is -0.355 e. The zero-order chi connectivity index (χ0) is 10.1. The van der Waals surface area contributed by atoms with E-state index in [1.165, 1.54) is 0 Å². The van der Waals surface area contributed by atoms with Gasteiger partial charge >= 0.3 is 0 Å². The van der Waals surface area contributed by atoms with Crippen molar-refractivity contribution in [3.05, 3.63) is 0 Å². The molecule has 0 unspecified atom stereocenters. The summed E-state index contributed by atoms with van der Waals surface area (Å²) in [5.41, 5.74) is 0. The first kappa shape index (κ1) is 12.4. The van der Waals surface area contributed by atoms with Crippen molar-refractivity contribution in [1.29, 1.82) is 0 Å². The van der Waals surface area contributed by atoms with E-state index in [-0.39, 0.29) is 5.91 Å². The van der Waals surface area contributed by atoms with Gasteiger partial charge in [0.1, 0.15) is 0 Å². The lowest BCUT2D eigenvalue weighted by Gasteiger charge is -2.10. The van der Waals surface area contributed by atoms with E-state index in [4.69, 9.17) is 0 Å². The summed E-state index contributed by atoms with van der Waals surface area (Å²) in [7, 11) is 4.08. The smallest absolute Gasteiger partial charge is 0.219 e. The van der Waals surface area contributed by atoms with E-state index in [1.54, 1.807) is 0 Å². The fraction of sp³-hybridized carbons (Fsp3) is 0.889. The number of carbonyl (C=O) groups excluding carboxylic acids is 1. The van der Waals surface area contributed by atoms with Gasteiger partial charge in [-0.1, -0.05) is 6.92 Å². The molecule has 2 N–H and O–H groups in total. The summed E-state index contributed by atoms with van der Waals surface area (Å²) in [5.74, 6) is 0.120. The van der Waals surface area contributed by atoms with E-state index in [2.05, 4.69) is 15.5 Å². The van der Waals surface area contributed by atoms with E-state index in [0.717, 1.165) is 26.2 Å². The summed E-state index contributed by atoms with van der Waals surface area (Å²) < 4.78 is 0. The molecule has 0 aliphatic rings. The van der Waals surface area contributed by atoms with Gasteiger partial charge in [-0.3, -0.25) is 4.79 Å². The lowest BCUT2D eigenvalue weighted by atomic mass is 10.4. The van der Waals surface area contributed by atoms with Crippen LogP contribution in [-0.2, 0) is 4.79 Å². The van der Waals surface area contributed by atoms with Crippen molar-refractivity contribution in [3.63, 3.8) is 0 Å². The van der Waals surface area contributed by atoms with Gasteiger partial charge in [-0.2, -0.15) is 0 Å². The Labute approximate surface area is 80.7 Å². The molecule has 0 aromatic carbocycles. The SMILES string of the molecule is CCC(=O)NCCNCCN(C)C. The predicted molar refractivity (Wildman–Crippen MR) is 54.7 cm³/mol. The lowest BCUT2D eigenvalue weighted by molar-refractivity contribution is -0.120. The molecule has 0 radical (unpaired) electrons. The summed E-state index contributed by atoms with van der Waals surface area (Å²) in [6.45, 7) is 5.42. The first-order chi connectivity index (χ1) is 6.16. The van der Waals surface area contributed by atoms with E-state index < -0.39 is 0 Å². The van der Waals surface area contributed by atoms with Crippen LogP contribution in [0.1, 0.15) is 13.3 Å². The van der Waals surface area contributed by atoms with Gasteiger partial charge in [0.15, 0.2) is 0 Å². The molecule has 0 heterocycles. The molecule has 1 amide bonds. The van der Waals surface area contributed by atoms with Gasteiger partial charge in [0, 0.05) is 32.6 Å². The monoisotopic (exact) mass is 187 g/mol. The molecule has 0 saturated heterocycles. The van der Waals surface area contributed by atoms with Crippen LogP contribution < -0.4 is 10.6 Å². The minimum absolute atomic E-state index is 0.120. The molecule has 0 aliphatic heterocycles. The van der Waals surface area contributed by atoms with Crippen molar-refractivity contribution in [2.24, 2.45) is 0 Å². The molecule has 78 valence electrons. The molecule has 0 rings (SSSR count). The van der Waals surface area contributed by atoms with Gasteiger partial charge in [-0.05, 0) is 14.1 Å². The summed E-state index contributed by atoms with van der Waals surface area (Å²) in [5, 5.41) is 6.05. The Hall–Kier alpha value is -0.610. The van der Waals surface area contributed by atoms with Gasteiger partial charge in [-0.15, -0.1) is 0 Å². The van der Waals surface area contributed by atoms with Gasteiger partial charge in [0.2, 0.25) is 5.91 Å². The Morgan fingerprint density at radius 3 is 2.46 bits per heavy atom. The highest BCUT2D eigenvalue weighted by Crippen LogP contribution is 1.73. The normalized spacial score (nSPS) is 10.5. The predicted octanol–water partition coefficient (Wildman–Crippen LogP) is -0.336. The molecule has 0 atom stereocenters. The quantitative estimate of drug-likeness (QED) is 0.536. The highest BCUT2D eigenvalue weighted by molar-refractivity contribution is 5.75. The second-order valence-electron chi connectivity index (χ2n) is 3.26. The number of nitrogens with one attached hydrogen (secondary N) is 2. The Morgan fingerprint density at radius 1 is 1.23 bits per heavy atom. The fourth-order valence-corrected chi connectivity index (χ4v) is 0.843. The van der Waals surface area contributed by atoms with Crippen molar-refractivity contribution in [3.8, 4) is 0 Å². The molecular weight excluding hydrogens is 166 g/mol. The maximum atomic E-state index is 10.8. The van der Waals surface area contributed by atoms with Crippen LogP contribution in [0.15, 0.2) is 0 Å². The lowest BCUT2D eigenvalue weighted by Crippen LogP contribution is -2.34. The largest absolute Gasteiger partial charge is 0.355 e. The van der Waals surface area contributed by atoms with Crippen molar-refractivity contribution in [1.82, 2.24) is 15.5 Å². The van der Waals surface area contributed by atoms with Crippen LogP contribution in [0.2, 0.25) is 0 Å². The van der Waals surface area contributed by atoms with Crippen LogP contribution in [0.5, 0.6) is 0 Å². The first-order valence-corrected chi connectivity index (χ1v) is 4.79. The van der Waals surface area contributed by atoms with Crippen LogP contribution in [0.4, 0.5) is 0 Å². The molecule has 4 heteroatoms. The maximum Gasteiger partial charge on any atom is 0.219 e. The summed E-state index contributed by atoms with van der Waals surface area (Å²) >= 11 is 0. The van der Waals surface area contributed by atoms with Crippen molar-refractivity contribution >= 4 is 5.91 Å². The summed E-state index contributed by atoms with van der Waals surface area (Å²) in [4.78, 5) is 12.9. The third kappa shape index (κ3) is 9.30. The zero-order valence-corrected chi connectivity index (χ0v) is 8.89. The average Bonchev–Trinajstić information content (AvgIpc) is 2.10. The Morgan fingerprint density at radius 2 is 1.92 bits per heavy atom. The average molecular weight is 187 g/mol. The van der Waals surface area contributed by atoms with Crippen LogP contribution in [0, 0.1) is 0 Å². The molecule has 0 bridgehead atoms. The minimum atomic E-state index is 0.120.